The van der Waals surface area contributed by atoms with E-state index in [-0.39, 0.29) is 21.1 Å². The van der Waals surface area contributed by atoms with E-state index in [2.05, 4.69) is 12.8 Å². The van der Waals surface area contributed by atoms with Gasteiger partial charge in [-0.05, 0) is 0 Å². The third-order valence-electron chi connectivity index (χ3n) is 0.144. The Labute approximate surface area is 47.2 Å². The Morgan fingerprint density at radius 2 is 2.00 bits per heavy atom. The summed E-state index contributed by atoms with van der Waals surface area (Å²) in [5, 5.41) is 0. The van der Waals surface area contributed by atoms with Crippen LogP contribution in [0.4, 0.5) is 0 Å². The molecule has 0 unspecified atom stereocenters. The number of hydrogen-bond acceptors (Lipinski definition) is 0. The molecule has 0 aromatic rings. The van der Waals surface area contributed by atoms with Crippen molar-refractivity contribution in [2.75, 3.05) is 0 Å². The molecule has 0 rings (SSSR count). The maximum absolute atomic E-state index is 4.72. The van der Waals surface area contributed by atoms with Gasteiger partial charge in [0, 0.05) is 21.1 Å². The third-order valence-corrected chi connectivity index (χ3v) is 0.144. The molecule has 0 heterocycles. The second-order valence-corrected chi connectivity index (χ2v) is 0.454. The minimum absolute atomic E-state index is 0. The first-order chi connectivity index (χ1) is 1.91. The molecule has 0 atom stereocenters. The molecule has 0 amide bonds. The standard InChI is InChI=1S/C4H5.W/c1-3-4-2;/h1H,2,4H2;/q-1;. The number of hydrogen-bond donors (Lipinski definition) is 0. The quantitative estimate of drug-likeness (QED) is 0.432. The zero-order valence-electron chi connectivity index (χ0n) is 2.90. The summed E-state index contributed by atoms with van der Waals surface area (Å²) in [6.07, 6.45) is 5.31. The molecule has 0 bridgehead atoms. The molecule has 28 valence electrons. The Balaban J connectivity index is 0. The van der Waals surface area contributed by atoms with Crippen LogP contribution in [-0.4, -0.2) is 0 Å². The predicted molar refractivity (Wildman–Crippen MR) is 18.8 cm³/mol. The van der Waals surface area contributed by atoms with Crippen LogP contribution in [0.5, 0.6) is 0 Å². The van der Waals surface area contributed by atoms with Crippen LogP contribution >= 0.6 is 0 Å². The van der Waals surface area contributed by atoms with E-state index in [4.69, 9.17) is 6.42 Å². The molecule has 0 spiro atoms. The molecule has 0 nitrogen and oxygen atoms in total. The number of terminal acetylenes is 1. The Morgan fingerprint density at radius 1 is 1.80 bits per heavy atom. The van der Waals surface area contributed by atoms with Crippen molar-refractivity contribution in [3.05, 3.63) is 6.92 Å². The van der Waals surface area contributed by atoms with E-state index in [9.17, 15) is 0 Å². The zero-order valence-corrected chi connectivity index (χ0v) is 5.83. The Morgan fingerprint density at radius 3 is 2.00 bits per heavy atom. The normalized spacial score (nSPS) is 4.00. The molecule has 0 aliphatic rings. The molecule has 0 saturated carbocycles. The second-order valence-electron chi connectivity index (χ2n) is 0.454. The molecule has 0 N–H and O–H groups in total. The largest absolute Gasteiger partial charge is 0.332 e. The summed E-state index contributed by atoms with van der Waals surface area (Å²) in [7, 11) is 0. The van der Waals surface area contributed by atoms with Gasteiger partial charge in [0.05, 0.1) is 0 Å². The van der Waals surface area contributed by atoms with Gasteiger partial charge in [-0.25, -0.2) is 0 Å². The smallest absolute Gasteiger partial charge is 0 e. The van der Waals surface area contributed by atoms with Crippen molar-refractivity contribution in [3.63, 3.8) is 0 Å². The van der Waals surface area contributed by atoms with Crippen molar-refractivity contribution >= 4 is 0 Å². The molecule has 0 saturated heterocycles. The Bertz CT molecular complexity index is 33.4. The summed E-state index contributed by atoms with van der Waals surface area (Å²) in [4.78, 5) is 0. The van der Waals surface area contributed by atoms with Crippen LogP contribution in [0.1, 0.15) is 6.42 Å². The first-order valence-electron chi connectivity index (χ1n) is 1.14. The Kier molecular flexibility index (Phi) is 15.9. The first-order valence-corrected chi connectivity index (χ1v) is 1.14. The zero-order chi connectivity index (χ0) is 3.41. The van der Waals surface area contributed by atoms with Gasteiger partial charge < -0.3 is 6.92 Å². The molecule has 0 aliphatic carbocycles. The molecule has 0 aromatic carbocycles. The van der Waals surface area contributed by atoms with Gasteiger partial charge in [0.25, 0.3) is 0 Å². The van der Waals surface area contributed by atoms with E-state index in [1.54, 1.807) is 0 Å². The number of rotatable bonds is 0. The average molecular weight is 237 g/mol. The third kappa shape index (κ3) is 13.8. The Hall–Kier alpha value is 0.248. The molecular weight excluding hydrogens is 232 g/mol. The van der Waals surface area contributed by atoms with Crippen LogP contribution in [0.3, 0.4) is 0 Å². The fourth-order valence-corrected chi connectivity index (χ4v) is 0. The molecule has 1 heteroatoms. The summed E-state index contributed by atoms with van der Waals surface area (Å²) < 4.78 is 0. The predicted octanol–water partition coefficient (Wildman–Crippen LogP) is 0.841. The molecule has 0 aliphatic heterocycles. The maximum Gasteiger partial charge on any atom is 0 e. The topological polar surface area (TPSA) is 0 Å². The van der Waals surface area contributed by atoms with E-state index in [1.807, 2.05) is 0 Å². The summed E-state index contributed by atoms with van der Waals surface area (Å²) >= 11 is 0. The van der Waals surface area contributed by atoms with Gasteiger partial charge in [-0.15, -0.1) is 18.8 Å². The van der Waals surface area contributed by atoms with Crippen molar-refractivity contribution in [1.82, 2.24) is 0 Å². The van der Waals surface area contributed by atoms with Gasteiger partial charge in [0.2, 0.25) is 0 Å². The summed E-state index contributed by atoms with van der Waals surface area (Å²) in [6, 6.07) is 0. The first kappa shape index (κ1) is 8.98. The molecular formula is C4H5W-. The summed E-state index contributed by atoms with van der Waals surface area (Å²) in [5.41, 5.74) is 0. The van der Waals surface area contributed by atoms with E-state index < -0.39 is 0 Å². The van der Waals surface area contributed by atoms with E-state index >= 15 is 0 Å². The van der Waals surface area contributed by atoms with Crippen LogP contribution in [0.25, 0.3) is 0 Å². The van der Waals surface area contributed by atoms with Gasteiger partial charge in [-0.1, -0.05) is 0 Å². The van der Waals surface area contributed by atoms with Crippen LogP contribution in [0.15, 0.2) is 0 Å². The maximum atomic E-state index is 4.72. The fraction of sp³-hybridized carbons (Fsp3) is 0.250. The minimum Gasteiger partial charge on any atom is -0.332 e. The van der Waals surface area contributed by atoms with Crippen molar-refractivity contribution < 1.29 is 21.1 Å². The summed E-state index contributed by atoms with van der Waals surface area (Å²) in [6.45, 7) is 3.37. The van der Waals surface area contributed by atoms with Gasteiger partial charge in [-0.2, -0.15) is 0 Å². The molecule has 0 aromatic heterocycles. The van der Waals surface area contributed by atoms with Gasteiger partial charge in [0.15, 0.2) is 0 Å². The van der Waals surface area contributed by atoms with Crippen LogP contribution in [-0.2, 0) is 21.1 Å². The van der Waals surface area contributed by atoms with Gasteiger partial charge in [0.1, 0.15) is 0 Å². The van der Waals surface area contributed by atoms with Crippen molar-refractivity contribution in [2.24, 2.45) is 0 Å². The minimum atomic E-state index is 0. The fourth-order valence-electron chi connectivity index (χ4n) is 0. The molecule has 0 fully saturated rings. The average Bonchev–Trinajstić information content (AvgIpc) is 1.37. The van der Waals surface area contributed by atoms with Crippen molar-refractivity contribution in [1.29, 1.82) is 0 Å². The molecule has 5 heavy (non-hydrogen) atoms. The van der Waals surface area contributed by atoms with Crippen molar-refractivity contribution in [2.45, 2.75) is 6.42 Å². The van der Waals surface area contributed by atoms with Crippen molar-refractivity contribution in [3.8, 4) is 12.3 Å². The van der Waals surface area contributed by atoms with E-state index in [1.165, 1.54) is 0 Å². The summed E-state index contributed by atoms with van der Waals surface area (Å²) in [5.74, 6) is 2.32. The van der Waals surface area contributed by atoms with Crippen LogP contribution in [0, 0.1) is 19.3 Å². The van der Waals surface area contributed by atoms with E-state index in [0.29, 0.717) is 6.42 Å². The second kappa shape index (κ2) is 8.87. The van der Waals surface area contributed by atoms with Gasteiger partial charge >= 0.3 is 0 Å². The van der Waals surface area contributed by atoms with E-state index in [0.717, 1.165) is 0 Å². The van der Waals surface area contributed by atoms with Gasteiger partial charge in [-0.3, -0.25) is 0 Å². The van der Waals surface area contributed by atoms with Crippen LogP contribution < -0.4 is 0 Å². The monoisotopic (exact) mass is 237 g/mol. The molecule has 0 radical (unpaired) electrons. The SMILES string of the molecule is C#CC[CH2-].[W]. The van der Waals surface area contributed by atoms with Crippen LogP contribution in [0.2, 0.25) is 0 Å².